The lowest BCUT2D eigenvalue weighted by Gasteiger charge is -2.12. The van der Waals surface area contributed by atoms with Crippen LogP contribution >= 0.6 is 12.4 Å². The van der Waals surface area contributed by atoms with Crippen LogP contribution in [0.25, 0.3) is 5.69 Å². The smallest absolute Gasteiger partial charge is 0.275 e. The number of halogens is 1. The van der Waals surface area contributed by atoms with Crippen LogP contribution in [0.2, 0.25) is 0 Å². The van der Waals surface area contributed by atoms with Gasteiger partial charge in [-0.25, -0.2) is 4.68 Å². The van der Waals surface area contributed by atoms with Gasteiger partial charge in [0.15, 0.2) is 5.69 Å². The molecule has 1 atom stereocenters. The maximum absolute atomic E-state index is 12.3. The fourth-order valence-electron chi connectivity index (χ4n) is 2.97. The van der Waals surface area contributed by atoms with Gasteiger partial charge in [0, 0.05) is 18.3 Å². The largest absolute Gasteiger partial charge is 0.351 e. The van der Waals surface area contributed by atoms with Crippen LogP contribution in [0.4, 0.5) is 0 Å². The standard InChI is InChI=1S/C18H22N4O2.ClH/c1-13-11-16(23)17(21-22(13)15-5-3-2-4-6-15)18(24)20-10-8-14-7-9-19-12-14;/h2-6,11,14,19H,7-10,12H2,1H3,(H,20,24);1H. The van der Waals surface area contributed by atoms with Crippen molar-refractivity contribution in [3.05, 3.63) is 58.0 Å². The molecule has 134 valence electrons. The zero-order valence-corrected chi connectivity index (χ0v) is 15.0. The zero-order chi connectivity index (χ0) is 16.9. The molecule has 1 fully saturated rings. The number of carbonyl (C=O) groups excluding carboxylic acids is 1. The van der Waals surface area contributed by atoms with Crippen LogP contribution in [0.15, 0.2) is 41.2 Å². The third kappa shape index (κ3) is 4.67. The van der Waals surface area contributed by atoms with Crippen LogP contribution in [0.3, 0.4) is 0 Å². The number of rotatable bonds is 5. The number of carbonyl (C=O) groups is 1. The summed E-state index contributed by atoms with van der Waals surface area (Å²) in [6, 6.07) is 10.9. The van der Waals surface area contributed by atoms with Crippen LogP contribution in [0, 0.1) is 12.8 Å². The minimum Gasteiger partial charge on any atom is -0.351 e. The maximum Gasteiger partial charge on any atom is 0.275 e. The van der Waals surface area contributed by atoms with Crippen LogP contribution in [0.1, 0.15) is 29.0 Å². The Balaban J connectivity index is 0.00000225. The average molecular weight is 363 g/mol. The van der Waals surface area contributed by atoms with E-state index in [1.54, 1.807) is 11.6 Å². The van der Waals surface area contributed by atoms with Crippen molar-refractivity contribution < 1.29 is 4.79 Å². The van der Waals surface area contributed by atoms with E-state index in [4.69, 9.17) is 0 Å². The van der Waals surface area contributed by atoms with Crippen molar-refractivity contribution in [1.82, 2.24) is 20.4 Å². The van der Waals surface area contributed by atoms with Gasteiger partial charge in [-0.05, 0) is 50.9 Å². The van der Waals surface area contributed by atoms with Gasteiger partial charge in [-0.3, -0.25) is 9.59 Å². The van der Waals surface area contributed by atoms with Gasteiger partial charge in [0.2, 0.25) is 5.43 Å². The van der Waals surface area contributed by atoms with Crippen molar-refractivity contribution in [2.75, 3.05) is 19.6 Å². The number of nitrogens with one attached hydrogen (secondary N) is 2. The van der Waals surface area contributed by atoms with Gasteiger partial charge in [0.25, 0.3) is 5.91 Å². The van der Waals surface area contributed by atoms with E-state index in [-0.39, 0.29) is 23.5 Å². The number of nitrogens with zero attached hydrogens (tertiary/aromatic N) is 2. The highest BCUT2D eigenvalue weighted by Gasteiger charge is 2.17. The molecule has 1 aliphatic rings. The van der Waals surface area contributed by atoms with Gasteiger partial charge in [0.05, 0.1) is 5.69 Å². The Kier molecular flexibility index (Phi) is 6.73. The molecule has 2 heterocycles. The number of aromatic nitrogens is 2. The van der Waals surface area contributed by atoms with E-state index in [2.05, 4.69) is 15.7 Å². The van der Waals surface area contributed by atoms with E-state index < -0.39 is 5.91 Å². The van der Waals surface area contributed by atoms with Gasteiger partial charge in [-0.2, -0.15) is 5.10 Å². The lowest BCUT2D eigenvalue weighted by atomic mass is 10.1. The summed E-state index contributed by atoms with van der Waals surface area (Å²) >= 11 is 0. The number of amides is 1. The molecule has 1 saturated heterocycles. The summed E-state index contributed by atoms with van der Waals surface area (Å²) in [4.78, 5) is 24.5. The molecule has 0 radical (unpaired) electrons. The first-order chi connectivity index (χ1) is 11.6. The van der Waals surface area contributed by atoms with Gasteiger partial charge in [-0.15, -0.1) is 12.4 Å². The summed E-state index contributed by atoms with van der Waals surface area (Å²) in [6.07, 6.45) is 2.05. The number of para-hydroxylation sites is 1. The molecule has 0 spiro atoms. The second-order valence-electron chi connectivity index (χ2n) is 6.15. The Morgan fingerprint density at radius 1 is 1.36 bits per heavy atom. The maximum atomic E-state index is 12.3. The quantitative estimate of drug-likeness (QED) is 0.848. The molecule has 2 N–H and O–H groups in total. The minimum atomic E-state index is -0.407. The van der Waals surface area contributed by atoms with Gasteiger partial charge in [-0.1, -0.05) is 18.2 Å². The van der Waals surface area contributed by atoms with Crippen molar-refractivity contribution in [3.8, 4) is 5.69 Å². The normalized spacial score (nSPS) is 16.3. The fourth-order valence-corrected chi connectivity index (χ4v) is 2.97. The Labute approximate surface area is 153 Å². The topological polar surface area (TPSA) is 76.0 Å². The molecule has 1 aliphatic heterocycles. The Hall–Kier alpha value is -2.18. The van der Waals surface area contributed by atoms with E-state index in [9.17, 15) is 9.59 Å². The molecule has 25 heavy (non-hydrogen) atoms. The van der Waals surface area contributed by atoms with Crippen LogP contribution in [0.5, 0.6) is 0 Å². The molecular formula is C18H23ClN4O2. The molecule has 6 nitrogen and oxygen atoms in total. The van der Waals surface area contributed by atoms with Gasteiger partial charge < -0.3 is 10.6 Å². The van der Waals surface area contributed by atoms with E-state index in [0.717, 1.165) is 31.6 Å². The highest BCUT2D eigenvalue weighted by atomic mass is 35.5. The predicted octanol–water partition coefficient (Wildman–Crippen LogP) is 1.69. The first kappa shape index (κ1) is 19.1. The second kappa shape index (κ2) is 8.78. The van der Waals surface area contributed by atoms with Crippen molar-refractivity contribution in [3.63, 3.8) is 0 Å². The van der Waals surface area contributed by atoms with Crippen LogP contribution in [-0.2, 0) is 0 Å². The Morgan fingerprint density at radius 2 is 2.12 bits per heavy atom. The second-order valence-corrected chi connectivity index (χ2v) is 6.15. The Morgan fingerprint density at radius 3 is 2.80 bits per heavy atom. The molecule has 1 aromatic heterocycles. The van der Waals surface area contributed by atoms with Crippen molar-refractivity contribution in [2.24, 2.45) is 5.92 Å². The monoisotopic (exact) mass is 362 g/mol. The molecular weight excluding hydrogens is 340 g/mol. The number of hydrogen-bond acceptors (Lipinski definition) is 4. The highest BCUT2D eigenvalue weighted by molar-refractivity contribution is 5.92. The Bertz CT molecular complexity index is 770. The number of benzene rings is 1. The first-order valence-electron chi connectivity index (χ1n) is 8.30. The summed E-state index contributed by atoms with van der Waals surface area (Å²) in [7, 11) is 0. The van der Waals surface area contributed by atoms with E-state index >= 15 is 0 Å². The minimum absolute atomic E-state index is 0. The third-order valence-corrected chi connectivity index (χ3v) is 4.32. The first-order valence-corrected chi connectivity index (χ1v) is 8.30. The third-order valence-electron chi connectivity index (χ3n) is 4.32. The highest BCUT2D eigenvalue weighted by Crippen LogP contribution is 2.11. The molecule has 0 aliphatic carbocycles. The van der Waals surface area contributed by atoms with Crippen molar-refractivity contribution in [2.45, 2.75) is 19.8 Å². The number of hydrogen-bond donors (Lipinski definition) is 2. The van der Waals surface area contributed by atoms with Gasteiger partial charge in [0.1, 0.15) is 0 Å². The summed E-state index contributed by atoms with van der Waals surface area (Å²) in [5.41, 5.74) is 1.11. The summed E-state index contributed by atoms with van der Waals surface area (Å²) in [5.74, 6) is 0.188. The van der Waals surface area contributed by atoms with Gasteiger partial charge >= 0.3 is 0 Å². The van der Waals surface area contributed by atoms with E-state index in [0.29, 0.717) is 18.2 Å². The molecule has 1 unspecified atom stereocenters. The predicted molar refractivity (Wildman–Crippen MR) is 99.7 cm³/mol. The molecule has 3 rings (SSSR count). The molecule has 7 heteroatoms. The lowest BCUT2D eigenvalue weighted by molar-refractivity contribution is 0.0943. The molecule has 0 saturated carbocycles. The summed E-state index contributed by atoms with van der Waals surface area (Å²) < 4.78 is 1.62. The van der Waals surface area contributed by atoms with Crippen molar-refractivity contribution in [1.29, 1.82) is 0 Å². The summed E-state index contributed by atoms with van der Waals surface area (Å²) in [6.45, 7) is 4.40. The fraction of sp³-hybridized carbons (Fsp3) is 0.389. The van der Waals surface area contributed by atoms with E-state index in [1.165, 1.54) is 6.07 Å². The SMILES string of the molecule is Cc1cc(=O)c(C(=O)NCCC2CCNC2)nn1-c1ccccc1.Cl. The van der Waals surface area contributed by atoms with Crippen LogP contribution < -0.4 is 16.1 Å². The molecule has 0 bridgehead atoms. The van der Waals surface area contributed by atoms with Crippen molar-refractivity contribution >= 4 is 18.3 Å². The van der Waals surface area contributed by atoms with Crippen LogP contribution in [-0.4, -0.2) is 35.3 Å². The molecule has 1 aromatic carbocycles. The summed E-state index contributed by atoms with van der Waals surface area (Å²) in [5, 5.41) is 10.4. The lowest BCUT2D eigenvalue weighted by Crippen LogP contribution is -2.33. The zero-order valence-electron chi connectivity index (χ0n) is 14.2. The van der Waals surface area contributed by atoms with E-state index in [1.807, 2.05) is 30.3 Å². The molecule has 1 amide bonds. The molecule has 2 aromatic rings. The number of aryl methyl sites for hydroxylation is 1. The average Bonchev–Trinajstić information content (AvgIpc) is 3.09.